The molecule has 0 unspecified atom stereocenters. The zero-order valence-electron chi connectivity index (χ0n) is 12.9. The van der Waals surface area contributed by atoms with Gasteiger partial charge in [0.1, 0.15) is 0 Å². The Morgan fingerprint density at radius 1 is 1.10 bits per heavy atom. The van der Waals surface area contributed by atoms with Crippen LogP contribution in [0.4, 0.5) is 0 Å². The van der Waals surface area contributed by atoms with Crippen LogP contribution >= 0.6 is 0 Å². The van der Waals surface area contributed by atoms with Gasteiger partial charge in [-0.2, -0.15) is 0 Å². The molecule has 20 heavy (non-hydrogen) atoms. The van der Waals surface area contributed by atoms with Crippen LogP contribution in [-0.2, 0) is 13.1 Å². The van der Waals surface area contributed by atoms with E-state index in [2.05, 4.69) is 48.3 Å². The minimum atomic E-state index is 0.757. The molecule has 0 aromatic heterocycles. The average Bonchev–Trinajstić information content (AvgIpc) is 3.28. The van der Waals surface area contributed by atoms with Crippen LogP contribution in [0, 0.1) is 5.92 Å². The first-order valence-electron chi connectivity index (χ1n) is 8.26. The second kappa shape index (κ2) is 6.28. The molecule has 1 aromatic rings. The Kier molecular flexibility index (Phi) is 4.42. The summed E-state index contributed by atoms with van der Waals surface area (Å²) in [5, 5.41) is 3.65. The van der Waals surface area contributed by atoms with Crippen LogP contribution in [0.2, 0.25) is 0 Å². The van der Waals surface area contributed by atoms with Crippen molar-refractivity contribution in [2.75, 3.05) is 6.54 Å². The SMILES string of the molecule is CC(C)CN(Cc1ccccc1CNC1CC1)C1CC1. The molecule has 2 saturated carbocycles. The first-order valence-corrected chi connectivity index (χ1v) is 8.26. The van der Waals surface area contributed by atoms with E-state index >= 15 is 0 Å². The molecule has 2 aliphatic carbocycles. The van der Waals surface area contributed by atoms with Crippen LogP contribution in [0.25, 0.3) is 0 Å². The fourth-order valence-corrected chi connectivity index (χ4v) is 2.90. The lowest BCUT2D eigenvalue weighted by molar-refractivity contribution is 0.225. The van der Waals surface area contributed by atoms with E-state index in [1.807, 2.05) is 0 Å². The molecule has 0 atom stereocenters. The third kappa shape index (κ3) is 4.07. The molecule has 2 fully saturated rings. The summed E-state index contributed by atoms with van der Waals surface area (Å²) in [6, 6.07) is 10.6. The maximum absolute atomic E-state index is 3.65. The molecular weight excluding hydrogens is 244 g/mol. The Morgan fingerprint density at radius 2 is 1.80 bits per heavy atom. The van der Waals surface area contributed by atoms with E-state index in [1.54, 1.807) is 0 Å². The van der Waals surface area contributed by atoms with Crippen molar-refractivity contribution in [3.63, 3.8) is 0 Å². The third-order valence-corrected chi connectivity index (χ3v) is 4.31. The minimum absolute atomic E-state index is 0.757. The molecule has 2 aliphatic rings. The van der Waals surface area contributed by atoms with Crippen LogP contribution in [-0.4, -0.2) is 23.5 Å². The van der Waals surface area contributed by atoms with Gasteiger partial charge in [0.25, 0.3) is 0 Å². The van der Waals surface area contributed by atoms with Gasteiger partial charge in [-0.25, -0.2) is 0 Å². The number of nitrogens with zero attached hydrogens (tertiary/aromatic N) is 1. The largest absolute Gasteiger partial charge is 0.310 e. The van der Waals surface area contributed by atoms with E-state index in [1.165, 1.54) is 43.4 Å². The summed E-state index contributed by atoms with van der Waals surface area (Å²) in [6.45, 7) is 8.06. The van der Waals surface area contributed by atoms with Gasteiger partial charge < -0.3 is 5.32 Å². The van der Waals surface area contributed by atoms with Crippen LogP contribution in [0.3, 0.4) is 0 Å². The lowest BCUT2D eigenvalue weighted by atomic mass is 10.1. The van der Waals surface area contributed by atoms with Crippen LogP contribution < -0.4 is 5.32 Å². The Hall–Kier alpha value is -0.860. The Morgan fingerprint density at radius 3 is 2.40 bits per heavy atom. The van der Waals surface area contributed by atoms with Gasteiger partial charge in [-0.05, 0) is 42.7 Å². The van der Waals surface area contributed by atoms with E-state index in [9.17, 15) is 0 Å². The smallest absolute Gasteiger partial charge is 0.0240 e. The summed E-state index contributed by atoms with van der Waals surface area (Å²) < 4.78 is 0. The number of rotatable bonds is 8. The Balaban J connectivity index is 1.64. The molecule has 0 bridgehead atoms. The summed E-state index contributed by atoms with van der Waals surface area (Å²) in [4.78, 5) is 2.70. The topological polar surface area (TPSA) is 15.3 Å². The van der Waals surface area contributed by atoms with Crippen LogP contribution in [0.5, 0.6) is 0 Å². The van der Waals surface area contributed by atoms with Gasteiger partial charge in [0.15, 0.2) is 0 Å². The minimum Gasteiger partial charge on any atom is -0.310 e. The van der Waals surface area contributed by atoms with Crippen molar-refractivity contribution in [2.45, 2.75) is 64.7 Å². The zero-order valence-corrected chi connectivity index (χ0v) is 12.9. The van der Waals surface area contributed by atoms with E-state index in [-0.39, 0.29) is 0 Å². The molecule has 110 valence electrons. The van der Waals surface area contributed by atoms with Crippen molar-refractivity contribution in [1.29, 1.82) is 0 Å². The number of hydrogen-bond acceptors (Lipinski definition) is 2. The standard InChI is InChI=1S/C18H28N2/c1-14(2)12-20(18-9-10-18)13-16-6-4-3-5-15(16)11-19-17-7-8-17/h3-6,14,17-19H,7-13H2,1-2H3. The summed E-state index contributed by atoms with van der Waals surface area (Å²) in [5.74, 6) is 0.757. The van der Waals surface area contributed by atoms with Gasteiger partial charge in [-0.3, -0.25) is 4.90 Å². The van der Waals surface area contributed by atoms with Crippen molar-refractivity contribution < 1.29 is 0 Å². The molecule has 1 aromatic carbocycles. The van der Waals surface area contributed by atoms with Gasteiger partial charge in [0.2, 0.25) is 0 Å². The number of nitrogens with one attached hydrogen (secondary N) is 1. The molecule has 0 radical (unpaired) electrons. The lowest BCUT2D eigenvalue weighted by Gasteiger charge is -2.25. The van der Waals surface area contributed by atoms with Gasteiger partial charge in [0.05, 0.1) is 0 Å². The van der Waals surface area contributed by atoms with Gasteiger partial charge in [-0.15, -0.1) is 0 Å². The second-order valence-electron chi connectivity index (χ2n) is 6.98. The molecular formula is C18H28N2. The highest BCUT2D eigenvalue weighted by atomic mass is 15.2. The van der Waals surface area contributed by atoms with Crippen molar-refractivity contribution in [3.05, 3.63) is 35.4 Å². The quantitative estimate of drug-likeness (QED) is 0.778. The maximum atomic E-state index is 3.65. The number of hydrogen-bond donors (Lipinski definition) is 1. The monoisotopic (exact) mass is 272 g/mol. The highest BCUT2D eigenvalue weighted by Gasteiger charge is 2.29. The summed E-state index contributed by atoms with van der Waals surface area (Å²) >= 11 is 0. The van der Waals surface area contributed by atoms with E-state index in [0.29, 0.717) is 0 Å². The molecule has 3 rings (SSSR count). The van der Waals surface area contributed by atoms with Crippen LogP contribution in [0.1, 0.15) is 50.7 Å². The highest BCUT2D eigenvalue weighted by Crippen LogP contribution is 2.29. The summed E-state index contributed by atoms with van der Waals surface area (Å²) in [6.07, 6.45) is 5.53. The van der Waals surface area contributed by atoms with Gasteiger partial charge in [-0.1, -0.05) is 38.1 Å². The van der Waals surface area contributed by atoms with Gasteiger partial charge >= 0.3 is 0 Å². The molecule has 1 N–H and O–H groups in total. The molecule has 0 saturated heterocycles. The van der Waals surface area contributed by atoms with Crippen molar-refractivity contribution >= 4 is 0 Å². The molecule has 0 spiro atoms. The maximum Gasteiger partial charge on any atom is 0.0240 e. The number of benzene rings is 1. The fraction of sp³-hybridized carbons (Fsp3) is 0.667. The summed E-state index contributed by atoms with van der Waals surface area (Å²) in [5.41, 5.74) is 3.02. The molecule has 0 aliphatic heterocycles. The van der Waals surface area contributed by atoms with E-state index in [4.69, 9.17) is 0 Å². The lowest BCUT2D eigenvalue weighted by Crippen LogP contribution is -2.30. The first-order chi connectivity index (χ1) is 9.72. The zero-order chi connectivity index (χ0) is 13.9. The molecule has 2 heteroatoms. The predicted molar refractivity (Wildman–Crippen MR) is 84.6 cm³/mol. The highest BCUT2D eigenvalue weighted by molar-refractivity contribution is 5.27. The average molecular weight is 272 g/mol. The van der Waals surface area contributed by atoms with Crippen molar-refractivity contribution in [1.82, 2.24) is 10.2 Å². The summed E-state index contributed by atoms with van der Waals surface area (Å²) in [7, 11) is 0. The third-order valence-electron chi connectivity index (χ3n) is 4.31. The van der Waals surface area contributed by atoms with E-state index in [0.717, 1.165) is 31.1 Å². The molecule has 0 heterocycles. The van der Waals surface area contributed by atoms with Crippen molar-refractivity contribution in [2.24, 2.45) is 5.92 Å². The van der Waals surface area contributed by atoms with Gasteiger partial charge in [0, 0.05) is 31.7 Å². The van der Waals surface area contributed by atoms with E-state index < -0.39 is 0 Å². The second-order valence-corrected chi connectivity index (χ2v) is 6.98. The normalized spacial score (nSPS) is 19.0. The molecule has 2 nitrogen and oxygen atoms in total. The Bertz CT molecular complexity index is 433. The van der Waals surface area contributed by atoms with Crippen LogP contribution in [0.15, 0.2) is 24.3 Å². The Labute approximate surface area is 123 Å². The fourth-order valence-electron chi connectivity index (χ4n) is 2.90. The first kappa shape index (κ1) is 14.1. The van der Waals surface area contributed by atoms with Crippen molar-refractivity contribution in [3.8, 4) is 0 Å². The predicted octanol–water partition coefficient (Wildman–Crippen LogP) is 3.56. The molecule has 0 amide bonds.